The van der Waals surface area contributed by atoms with Crippen molar-refractivity contribution in [3.05, 3.63) is 82.4 Å². The van der Waals surface area contributed by atoms with E-state index in [9.17, 15) is 0 Å². The number of halogens is 2. The molecule has 21 heavy (non-hydrogen) atoms. The Balaban J connectivity index is 1.80. The van der Waals surface area contributed by atoms with Crippen LogP contribution in [0.2, 0.25) is 5.02 Å². The molecule has 0 nitrogen and oxygen atoms in total. The van der Waals surface area contributed by atoms with Crippen LogP contribution in [-0.4, -0.2) is 0 Å². The highest BCUT2D eigenvalue weighted by atomic mass is 35.5. The van der Waals surface area contributed by atoms with Crippen LogP contribution in [0.4, 0.5) is 0 Å². The van der Waals surface area contributed by atoms with Gasteiger partial charge in [-0.25, -0.2) is 0 Å². The minimum absolute atomic E-state index is 0.0120. The molecule has 3 aromatic carbocycles. The van der Waals surface area contributed by atoms with Crippen LogP contribution in [0.15, 0.2) is 60.7 Å². The Morgan fingerprint density at radius 3 is 2.38 bits per heavy atom. The first-order valence-corrected chi connectivity index (χ1v) is 7.96. The van der Waals surface area contributed by atoms with Gasteiger partial charge in [0.25, 0.3) is 0 Å². The molecular formula is C19H14Cl2. The van der Waals surface area contributed by atoms with E-state index in [0.29, 0.717) is 5.92 Å². The molecule has 0 radical (unpaired) electrons. The number of rotatable bonds is 2. The molecule has 104 valence electrons. The zero-order valence-corrected chi connectivity index (χ0v) is 12.9. The second-order valence-electron chi connectivity index (χ2n) is 5.59. The van der Waals surface area contributed by atoms with Gasteiger partial charge < -0.3 is 0 Å². The summed E-state index contributed by atoms with van der Waals surface area (Å²) in [6.45, 7) is 0. The summed E-state index contributed by atoms with van der Waals surface area (Å²) in [7, 11) is 0. The highest BCUT2D eigenvalue weighted by Crippen LogP contribution is 2.48. The first-order chi connectivity index (χ1) is 10.3. The Labute approximate surface area is 134 Å². The lowest BCUT2D eigenvalue weighted by Crippen LogP contribution is -2.21. The van der Waals surface area contributed by atoms with Crippen LogP contribution in [0, 0.1) is 0 Å². The van der Waals surface area contributed by atoms with E-state index in [-0.39, 0.29) is 5.38 Å². The number of alkyl halides is 1. The van der Waals surface area contributed by atoms with Gasteiger partial charge in [-0.05, 0) is 34.6 Å². The Bertz CT molecular complexity index is 823. The zero-order chi connectivity index (χ0) is 14.4. The first-order valence-electron chi connectivity index (χ1n) is 7.15. The molecule has 0 saturated heterocycles. The predicted molar refractivity (Wildman–Crippen MR) is 90.4 cm³/mol. The SMILES string of the molecule is Clc1ccc(C(Cl)C2Cc3ccccc32)c2ccccc12. The van der Waals surface area contributed by atoms with E-state index in [1.807, 2.05) is 18.2 Å². The van der Waals surface area contributed by atoms with Crippen LogP contribution in [0.1, 0.15) is 28.0 Å². The minimum atomic E-state index is -0.0120. The Kier molecular flexibility index (Phi) is 3.17. The van der Waals surface area contributed by atoms with E-state index in [2.05, 4.69) is 42.5 Å². The maximum atomic E-state index is 6.82. The summed E-state index contributed by atoms with van der Waals surface area (Å²) in [5, 5.41) is 3.01. The van der Waals surface area contributed by atoms with Gasteiger partial charge in [0.1, 0.15) is 0 Å². The molecule has 0 aliphatic heterocycles. The monoisotopic (exact) mass is 312 g/mol. The third-order valence-corrected chi connectivity index (χ3v) is 5.32. The molecule has 0 saturated carbocycles. The summed E-state index contributed by atoms with van der Waals surface area (Å²) in [5.74, 6) is 0.396. The van der Waals surface area contributed by atoms with Crippen molar-refractivity contribution < 1.29 is 0 Å². The Morgan fingerprint density at radius 1 is 0.857 bits per heavy atom. The molecule has 0 spiro atoms. The molecule has 0 N–H and O–H groups in total. The number of fused-ring (bicyclic) bond motifs is 2. The quantitative estimate of drug-likeness (QED) is 0.500. The van der Waals surface area contributed by atoms with Gasteiger partial charge in [-0.1, -0.05) is 66.2 Å². The average molecular weight is 313 g/mol. The summed E-state index contributed by atoms with van der Waals surface area (Å²) in [6, 6.07) is 20.8. The molecule has 0 amide bonds. The predicted octanol–water partition coefficient (Wildman–Crippen LogP) is 6.11. The number of benzene rings is 3. The van der Waals surface area contributed by atoms with Crippen LogP contribution >= 0.6 is 23.2 Å². The highest BCUT2D eigenvalue weighted by Gasteiger charge is 2.33. The normalized spacial score (nSPS) is 18.1. The van der Waals surface area contributed by atoms with Crippen molar-refractivity contribution >= 4 is 34.0 Å². The van der Waals surface area contributed by atoms with Gasteiger partial charge >= 0.3 is 0 Å². The Morgan fingerprint density at radius 2 is 1.57 bits per heavy atom. The molecular weight excluding hydrogens is 299 g/mol. The van der Waals surface area contributed by atoms with E-state index in [1.165, 1.54) is 16.7 Å². The van der Waals surface area contributed by atoms with E-state index >= 15 is 0 Å². The molecule has 3 aromatic rings. The second-order valence-corrected chi connectivity index (χ2v) is 6.47. The van der Waals surface area contributed by atoms with Crippen LogP contribution < -0.4 is 0 Å². The molecule has 0 heterocycles. The molecule has 2 atom stereocenters. The molecule has 1 aliphatic carbocycles. The highest BCUT2D eigenvalue weighted by molar-refractivity contribution is 6.35. The fourth-order valence-corrected chi connectivity index (χ4v) is 3.94. The maximum Gasteiger partial charge on any atom is 0.0663 e. The standard InChI is InChI=1S/C19H14Cl2/c20-18-10-9-16(14-7-3-4-8-15(14)18)19(21)17-11-12-5-1-2-6-13(12)17/h1-10,17,19H,11H2. The molecule has 4 rings (SSSR count). The topological polar surface area (TPSA) is 0 Å². The summed E-state index contributed by atoms with van der Waals surface area (Å²) in [4.78, 5) is 0. The van der Waals surface area contributed by atoms with Crippen molar-refractivity contribution in [3.63, 3.8) is 0 Å². The van der Waals surface area contributed by atoms with Gasteiger partial charge in [0, 0.05) is 16.3 Å². The van der Waals surface area contributed by atoms with Gasteiger partial charge in [0.15, 0.2) is 0 Å². The number of hydrogen-bond acceptors (Lipinski definition) is 0. The van der Waals surface area contributed by atoms with Crippen LogP contribution in [0.5, 0.6) is 0 Å². The van der Waals surface area contributed by atoms with Crippen molar-refractivity contribution in [2.75, 3.05) is 0 Å². The fourth-order valence-electron chi connectivity index (χ4n) is 3.30. The van der Waals surface area contributed by atoms with Gasteiger partial charge in [-0.15, -0.1) is 11.6 Å². The van der Waals surface area contributed by atoms with Crippen molar-refractivity contribution in [1.29, 1.82) is 0 Å². The molecule has 0 fully saturated rings. The lowest BCUT2D eigenvalue weighted by Gasteiger charge is -2.34. The van der Waals surface area contributed by atoms with Crippen LogP contribution in [0.3, 0.4) is 0 Å². The van der Waals surface area contributed by atoms with Gasteiger partial charge in [-0.3, -0.25) is 0 Å². The second kappa shape index (κ2) is 5.05. The molecule has 2 heteroatoms. The van der Waals surface area contributed by atoms with E-state index < -0.39 is 0 Å². The van der Waals surface area contributed by atoms with Crippen molar-refractivity contribution in [2.45, 2.75) is 17.7 Å². The van der Waals surface area contributed by atoms with Gasteiger partial charge in [0.05, 0.1) is 5.38 Å². The van der Waals surface area contributed by atoms with Crippen molar-refractivity contribution in [1.82, 2.24) is 0 Å². The third kappa shape index (κ3) is 2.06. The van der Waals surface area contributed by atoms with E-state index in [1.54, 1.807) is 0 Å². The molecule has 1 aliphatic rings. The summed E-state index contributed by atoms with van der Waals surface area (Å²) >= 11 is 13.1. The van der Waals surface area contributed by atoms with Crippen LogP contribution in [0.25, 0.3) is 10.8 Å². The van der Waals surface area contributed by atoms with Crippen molar-refractivity contribution in [3.8, 4) is 0 Å². The van der Waals surface area contributed by atoms with E-state index in [4.69, 9.17) is 23.2 Å². The minimum Gasteiger partial charge on any atom is -0.117 e. The molecule has 0 aromatic heterocycles. The summed E-state index contributed by atoms with van der Waals surface area (Å²) in [6.07, 6.45) is 1.06. The van der Waals surface area contributed by atoms with Crippen LogP contribution in [-0.2, 0) is 6.42 Å². The molecule has 0 bridgehead atoms. The average Bonchev–Trinajstić information content (AvgIpc) is 2.49. The molecule has 2 unspecified atom stereocenters. The first kappa shape index (κ1) is 13.2. The Hall–Kier alpha value is -1.50. The van der Waals surface area contributed by atoms with E-state index in [0.717, 1.165) is 22.2 Å². The maximum absolute atomic E-state index is 6.82. The number of hydrogen-bond donors (Lipinski definition) is 0. The fraction of sp³-hybridized carbons (Fsp3) is 0.158. The zero-order valence-electron chi connectivity index (χ0n) is 11.4. The lowest BCUT2D eigenvalue weighted by atomic mass is 9.74. The third-order valence-electron chi connectivity index (χ3n) is 4.45. The largest absolute Gasteiger partial charge is 0.117 e. The lowest BCUT2D eigenvalue weighted by molar-refractivity contribution is 0.589. The van der Waals surface area contributed by atoms with Gasteiger partial charge in [-0.2, -0.15) is 0 Å². The van der Waals surface area contributed by atoms with Gasteiger partial charge in [0.2, 0.25) is 0 Å². The van der Waals surface area contributed by atoms with Crippen molar-refractivity contribution in [2.24, 2.45) is 0 Å². The smallest absolute Gasteiger partial charge is 0.0663 e. The summed E-state index contributed by atoms with van der Waals surface area (Å²) < 4.78 is 0. The summed E-state index contributed by atoms with van der Waals surface area (Å²) in [5.41, 5.74) is 3.99.